The highest BCUT2D eigenvalue weighted by molar-refractivity contribution is 6.30. The quantitative estimate of drug-likeness (QED) is 0.592. The molecule has 0 saturated heterocycles. The van der Waals surface area contributed by atoms with Gasteiger partial charge >= 0.3 is 0 Å². The van der Waals surface area contributed by atoms with E-state index in [-0.39, 0.29) is 0 Å². The van der Waals surface area contributed by atoms with E-state index in [4.69, 9.17) is 23.2 Å². The highest BCUT2D eigenvalue weighted by atomic mass is 35.5. The molecule has 0 heterocycles. The molecule has 1 unspecified atom stereocenters. The van der Waals surface area contributed by atoms with Crippen LogP contribution in [0.5, 0.6) is 0 Å². The fraction of sp³-hybridized carbons (Fsp3) is 0.571. The Morgan fingerprint density at radius 1 is 1.06 bits per heavy atom. The van der Waals surface area contributed by atoms with Crippen molar-refractivity contribution in [3.63, 3.8) is 0 Å². The van der Waals surface area contributed by atoms with E-state index in [2.05, 4.69) is 26.0 Å². The zero-order valence-corrected chi connectivity index (χ0v) is 11.6. The van der Waals surface area contributed by atoms with Crippen molar-refractivity contribution in [1.29, 1.82) is 0 Å². The largest absolute Gasteiger partial charge is 0.126 e. The lowest BCUT2D eigenvalue weighted by molar-refractivity contribution is 0.424. The summed E-state index contributed by atoms with van der Waals surface area (Å²) in [6.07, 6.45) is 3.65. The van der Waals surface area contributed by atoms with Gasteiger partial charge < -0.3 is 0 Å². The van der Waals surface area contributed by atoms with E-state index in [0.29, 0.717) is 11.8 Å². The van der Waals surface area contributed by atoms with Crippen molar-refractivity contribution in [2.24, 2.45) is 5.92 Å². The maximum absolute atomic E-state index is 6.07. The Morgan fingerprint density at radius 2 is 1.62 bits per heavy atom. The highest BCUT2D eigenvalue weighted by Gasteiger charge is 2.15. The lowest BCUT2D eigenvalue weighted by Crippen LogP contribution is -2.08. The van der Waals surface area contributed by atoms with Crippen LogP contribution in [0.2, 0.25) is 5.02 Å². The SMILES string of the molecule is CCC(CC)CC(CCl)c1ccc(Cl)cc1. The van der Waals surface area contributed by atoms with Gasteiger partial charge in [-0.3, -0.25) is 0 Å². The zero-order chi connectivity index (χ0) is 12.0. The summed E-state index contributed by atoms with van der Waals surface area (Å²) in [6, 6.07) is 8.09. The molecule has 1 atom stereocenters. The van der Waals surface area contributed by atoms with Gasteiger partial charge in [0, 0.05) is 10.9 Å². The molecule has 0 amide bonds. The predicted octanol–water partition coefficient (Wildman–Crippen LogP) is 5.49. The van der Waals surface area contributed by atoms with Crippen molar-refractivity contribution < 1.29 is 0 Å². The number of rotatable bonds is 6. The first-order valence-corrected chi connectivity index (χ1v) is 6.93. The molecule has 0 radical (unpaired) electrons. The minimum absolute atomic E-state index is 0.462. The summed E-state index contributed by atoms with van der Waals surface area (Å²) in [5, 5.41) is 0.791. The van der Waals surface area contributed by atoms with Gasteiger partial charge in [-0.05, 0) is 36.0 Å². The molecular formula is C14H20Cl2. The fourth-order valence-corrected chi connectivity index (χ4v) is 2.48. The second-order valence-electron chi connectivity index (χ2n) is 4.32. The van der Waals surface area contributed by atoms with E-state index >= 15 is 0 Å². The van der Waals surface area contributed by atoms with Crippen LogP contribution in [-0.4, -0.2) is 5.88 Å². The highest BCUT2D eigenvalue weighted by Crippen LogP contribution is 2.29. The zero-order valence-electron chi connectivity index (χ0n) is 10.0. The number of hydrogen-bond acceptors (Lipinski definition) is 0. The summed E-state index contributed by atoms with van der Waals surface area (Å²) >= 11 is 12.0. The van der Waals surface area contributed by atoms with Gasteiger partial charge in [-0.25, -0.2) is 0 Å². The Hall–Kier alpha value is -0.200. The second-order valence-corrected chi connectivity index (χ2v) is 5.07. The minimum atomic E-state index is 0.462. The van der Waals surface area contributed by atoms with Gasteiger partial charge in [-0.15, -0.1) is 11.6 Å². The van der Waals surface area contributed by atoms with Crippen LogP contribution in [-0.2, 0) is 0 Å². The van der Waals surface area contributed by atoms with Crippen LogP contribution < -0.4 is 0 Å². The van der Waals surface area contributed by atoms with Crippen molar-refractivity contribution >= 4 is 23.2 Å². The average Bonchev–Trinajstić information content (AvgIpc) is 2.32. The van der Waals surface area contributed by atoms with Gasteiger partial charge in [0.2, 0.25) is 0 Å². The van der Waals surface area contributed by atoms with Crippen LogP contribution in [0.4, 0.5) is 0 Å². The molecule has 0 aliphatic heterocycles. The summed E-state index contributed by atoms with van der Waals surface area (Å²) in [7, 11) is 0. The molecule has 0 aromatic heterocycles. The van der Waals surface area contributed by atoms with Crippen LogP contribution in [0.3, 0.4) is 0 Å². The molecule has 0 nitrogen and oxygen atoms in total. The van der Waals surface area contributed by atoms with Crippen molar-refractivity contribution in [2.45, 2.75) is 39.0 Å². The van der Waals surface area contributed by atoms with E-state index in [1.807, 2.05) is 12.1 Å². The maximum Gasteiger partial charge on any atom is 0.0406 e. The van der Waals surface area contributed by atoms with Crippen LogP contribution in [0.1, 0.15) is 44.6 Å². The molecule has 1 aromatic rings. The molecule has 0 aliphatic carbocycles. The molecule has 1 aromatic carbocycles. The lowest BCUT2D eigenvalue weighted by Gasteiger charge is -2.20. The third kappa shape index (κ3) is 3.99. The fourth-order valence-electron chi connectivity index (χ4n) is 2.05. The topological polar surface area (TPSA) is 0 Å². The number of halogens is 2. The summed E-state index contributed by atoms with van der Waals surface area (Å²) < 4.78 is 0. The Balaban J connectivity index is 2.70. The Morgan fingerprint density at radius 3 is 2.06 bits per heavy atom. The van der Waals surface area contributed by atoms with Crippen molar-refractivity contribution in [1.82, 2.24) is 0 Å². The first kappa shape index (κ1) is 13.9. The Bertz CT molecular complexity index is 288. The molecule has 0 spiro atoms. The Labute approximate surface area is 109 Å². The van der Waals surface area contributed by atoms with Gasteiger partial charge in [-0.2, -0.15) is 0 Å². The van der Waals surface area contributed by atoms with Crippen LogP contribution in [0.25, 0.3) is 0 Å². The summed E-state index contributed by atoms with van der Waals surface area (Å²) in [5.41, 5.74) is 1.31. The summed E-state index contributed by atoms with van der Waals surface area (Å²) in [4.78, 5) is 0. The lowest BCUT2D eigenvalue weighted by atomic mass is 9.87. The van der Waals surface area contributed by atoms with Crippen molar-refractivity contribution in [3.8, 4) is 0 Å². The third-order valence-corrected chi connectivity index (χ3v) is 3.92. The monoisotopic (exact) mass is 258 g/mol. The molecule has 90 valence electrons. The summed E-state index contributed by atoms with van der Waals surface area (Å²) in [6.45, 7) is 4.50. The van der Waals surface area contributed by atoms with Crippen LogP contribution in [0.15, 0.2) is 24.3 Å². The standard InChI is InChI=1S/C14H20Cl2/c1-3-11(4-2)9-13(10-15)12-5-7-14(16)8-6-12/h5-8,11,13H,3-4,9-10H2,1-2H3. The van der Waals surface area contributed by atoms with E-state index in [0.717, 1.165) is 10.9 Å². The van der Waals surface area contributed by atoms with Crippen LogP contribution >= 0.6 is 23.2 Å². The first-order valence-electron chi connectivity index (χ1n) is 6.02. The molecule has 0 bridgehead atoms. The molecule has 1 rings (SSSR count). The number of benzene rings is 1. The van der Waals surface area contributed by atoms with Crippen molar-refractivity contribution in [3.05, 3.63) is 34.9 Å². The second kappa shape index (κ2) is 7.19. The molecule has 0 aliphatic rings. The summed E-state index contributed by atoms with van der Waals surface area (Å²) in [5.74, 6) is 1.93. The predicted molar refractivity (Wildman–Crippen MR) is 73.6 cm³/mol. The third-order valence-electron chi connectivity index (χ3n) is 3.30. The van der Waals surface area contributed by atoms with E-state index < -0.39 is 0 Å². The number of hydrogen-bond donors (Lipinski definition) is 0. The van der Waals surface area contributed by atoms with Gasteiger partial charge in [0.05, 0.1) is 0 Å². The van der Waals surface area contributed by atoms with Crippen molar-refractivity contribution in [2.75, 3.05) is 5.88 Å². The first-order chi connectivity index (χ1) is 7.71. The van der Waals surface area contributed by atoms with Gasteiger partial charge in [0.1, 0.15) is 0 Å². The molecule has 2 heteroatoms. The van der Waals surface area contributed by atoms with E-state index in [9.17, 15) is 0 Å². The molecule has 0 fully saturated rings. The molecule has 0 N–H and O–H groups in total. The smallest absolute Gasteiger partial charge is 0.0406 e. The van der Waals surface area contributed by atoms with Gasteiger partial charge in [-0.1, -0.05) is 50.4 Å². The molecule has 16 heavy (non-hydrogen) atoms. The maximum atomic E-state index is 6.07. The molecule has 0 saturated carbocycles. The van der Waals surface area contributed by atoms with Gasteiger partial charge in [0.25, 0.3) is 0 Å². The van der Waals surface area contributed by atoms with E-state index in [1.54, 1.807) is 0 Å². The average molecular weight is 259 g/mol. The Kier molecular flexibility index (Phi) is 6.23. The van der Waals surface area contributed by atoms with Gasteiger partial charge in [0.15, 0.2) is 0 Å². The van der Waals surface area contributed by atoms with Crippen LogP contribution in [0, 0.1) is 5.92 Å². The molecular weight excluding hydrogens is 239 g/mol. The number of alkyl halides is 1. The minimum Gasteiger partial charge on any atom is -0.126 e. The normalized spacial score (nSPS) is 13.1. The van der Waals surface area contributed by atoms with E-state index in [1.165, 1.54) is 24.8 Å².